The Morgan fingerprint density at radius 3 is 3.23 bits per heavy atom. The van der Waals surface area contributed by atoms with Gasteiger partial charge in [0, 0.05) is 35.5 Å². The lowest BCUT2D eigenvalue weighted by Gasteiger charge is -2.07. The molecule has 2 N–H and O–H groups in total. The number of fused-ring (bicyclic) bond motifs is 1. The van der Waals surface area contributed by atoms with Crippen LogP contribution in [0.2, 0.25) is 0 Å². The molecular weight excluding hydrogens is 280 g/mol. The second-order valence-electron chi connectivity index (χ2n) is 5.46. The van der Waals surface area contributed by atoms with Crippen LogP contribution in [0.25, 0.3) is 10.9 Å². The molecule has 3 heterocycles. The fraction of sp³-hybridized carbons (Fsp3) is 0.250. The molecule has 0 bridgehead atoms. The van der Waals surface area contributed by atoms with Crippen molar-refractivity contribution in [3.63, 3.8) is 0 Å². The number of hydrogen-bond acceptors (Lipinski definition) is 3. The second-order valence-corrected chi connectivity index (χ2v) is 5.46. The van der Waals surface area contributed by atoms with Crippen molar-refractivity contribution in [3.05, 3.63) is 48.4 Å². The lowest BCUT2D eigenvalue weighted by Crippen LogP contribution is -2.12. The molecule has 0 radical (unpaired) electrons. The van der Waals surface area contributed by atoms with Gasteiger partial charge >= 0.3 is 0 Å². The number of H-pyrrole nitrogens is 1. The van der Waals surface area contributed by atoms with Gasteiger partial charge in [0.15, 0.2) is 0 Å². The van der Waals surface area contributed by atoms with Crippen LogP contribution < -0.4 is 5.32 Å². The highest BCUT2D eigenvalue weighted by Gasteiger charge is 2.18. The molecule has 3 aromatic rings. The number of hydrogen-bond donors (Lipinski definition) is 2. The number of nitrogens with one attached hydrogen (secondary N) is 2. The van der Waals surface area contributed by atoms with Crippen LogP contribution in [-0.2, 0) is 4.74 Å². The first-order valence-corrected chi connectivity index (χ1v) is 7.30. The summed E-state index contributed by atoms with van der Waals surface area (Å²) in [5.41, 5.74) is 2.35. The maximum atomic E-state index is 12.3. The number of ether oxygens (including phenoxy) is 1. The Kier molecular flexibility index (Phi) is 3.16. The molecule has 22 heavy (non-hydrogen) atoms. The van der Waals surface area contributed by atoms with E-state index in [0.717, 1.165) is 23.9 Å². The van der Waals surface area contributed by atoms with Gasteiger partial charge in [-0.25, -0.2) is 0 Å². The van der Waals surface area contributed by atoms with Crippen molar-refractivity contribution < 1.29 is 9.53 Å². The van der Waals surface area contributed by atoms with Gasteiger partial charge in [0.25, 0.3) is 5.91 Å². The number of nitrogens with zero attached hydrogens (tertiary/aromatic N) is 2. The minimum atomic E-state index is -0.134. The molecule has 1 unspecified atom stereocenters. The standard InChI is InChI=1S/C16H16N4O2/c21-16(12-1-2-15-11(7-12)3-5-17-15)19-13-8-18-20(9-13)14-4-6-22-10-14/h1-3,5,7-9,14,17H,4,6,10H2,(H,19,21). The zero-order valence-electron chi connectivity index (χ0n) is 12.0. The van der Waals surface area contributed by atoms with Gasteiger partial charge in [0.2, 0.25) is 0 Å². The van der Waals surface area contributed by atoms with Crippen LogP contribution in [-0.4, -0.2) is 33.9 Å². The Bertz CT molecular complexity index is 814. The number of amides is 1. The van der Waals surface area contributed by atoms with Crippen LogP contribution >= 0.6 is 0 Å². The average Bonchev–Trinajstić information content (AvgIpc) is 3.27. The van der Waals surface area contributed by atoms with E-state index in [0.29, 0.717) is 17.9 Å². The summed E-state index contributed by atoms with van der Waals surface area (Å²) in [6, 6.07) is 7.80. The minimum Gasteiger partial charge on any atom is -0.379 e. The topological polar surface area (TPSA) is 71.9 Å². The summed E-state index contributed by atoms with van der Waals surface area (Å²) in [4.78, 5) is 15.4. The van der Waals surface area contributed by atoms with E-state index in [4.69, 9.17) is 4.74 Å². The first-order chi connectivity index (χ1) is 10.8. The number of aromatic amines is 1. The summed E-state index contributed by atoms with van der Waals surface area (Å²) < 4.78 is 7.21. The van der Waals surface area contributed by atoms with Crippen molar-refractivity contribution in [1.82, 2.24) is 14.8 Å². The molecule has 0 saturated carbocycles. The maximum absolute atomic E-state index is 12.3. The van der Waals surface area contributed by atoms with Crippen LogP contribution in [0, 0.1) is 0 Å². The smallest absolute Gasteiger partial charge is 0.255 e. The molecular formula is C16H16N4O2. The van der Waals surface area contributed by atoms with Gasteiger partial charge in [0.05, 0.1) is 24.5 Å². The lowest BCUT2D eigenvalue weighted by atomic mass is 10.1. The molecule has 6 heteroatoms. The van der Waals surface area contributed by atoms with Gasteiger partial charge < -0.3 is 15.0 Å². The van der Waals surface area contributed by atoms with E-state index in [1.54, 1.807) is 6.20 Å². The predicted octanol–water partition coefficient (Wildman–Crippen LogP) is 2.58. The largest absolute Gasteiger partial charge is 0.379 e. The molecule has 1 aromatic carbocycles. The summed E-state index contributed by atoms with van der Waals surface area (Å²) in [6.07, 6.45) is 6.34. The van der Waals surface area contributed by atoms with Crippen LogP contribution in [0.15, 0.2) is 42.9 Å². The molecule has 2 aromatic heterocycles. The fourth-order valence-electron chi connectivity index (χ4n) is 2.73. The van der Waals surface area contributed by atoms with E-state index in [9.17, 15) is 4.79 Å². The Hall–Kier alpha value is -2.60. The number of benzene rings is 1. The molecule has 1 aliphatic heterocycles. The molecule has 1 fully saturated rings. The van der Waals surface area contributed by atoms with Crippen LogP contribution in [0.3, 0.4) is 0 Å². The van der Waals surface area contributed by atoms with E-state index >= 15 is 0 Å². The van der Waals surface area contributed by atoms with Gasteiger partial charge in [0.1, 0.15) is 0 Å². The first kappa shape index (κ1) is 13.1. The van der Waals surface area contributed by atoms with Crippen molar-refractivity contribution >= 4 is 22.5 Å². The van der Waals surface area contributed by atoms with E-state index in [-0.39, 0.29) is 11.9 Å². The van der Waals surface area contributed by atoms with Crippen molar-refractivity contribution in [2.24, 2.45) is 0 Å². The van der Waals surface area contributed by atoms with Gasteiger partial charge in [-0.05, 0) is 30.7 Å². The molecule has 0 aliphatic carbocycles. The van der Waals surface area contributed by atoms with Gasteiger partial charge in [-0.15, -0.1) is 0 Å². The van der Waals surface area contributed by atoms with E-state index in [1.807, 2.05) is 41.3 Å². The minimum absolute atomic E-state index is 0.134. The third-order valence-electron chi connectivity index (χ3n) is 3.95. The van der Waals surface area contributed by atoms with Crippen LogP contribution in [0.5, 0.6) is 0 Å². The van der Waals surface area contributed by atoms with Gasteiger partial charge in [-0.2, -0.15) is 5.10 Å². The third-order valence-corrected chi connectivity index (χ3v) is 3.95. The highest BCUT2D eigenvalue weighted by Crippen LogP contribution is 2.20. The van der Waals surface area contributed by atoms with E-state index < -0.39 is 0 Å². The van der Waals surface area contributed by atoms with Gasteiger partial charge in [-0.1, -0.05) is 0 Å². The Labute approximate surface area is 127 Å². The zero-order chi connectivity index (χ0) is 14.9. The highest BCUT2D eigenvalue weighted by atomic mass is 16.5. The summed E-state index contributed by atoms with van der Waals surface area (Å²) >= 11 is 0. The molecule has 1 saturated heterocycles. The summed E-state index contributed by atoms with van der Waals surface area (Å²) in [5.74, 6) is -0.134. The summed E-state index contributed by atoms with van der Waals surface area (Å²) in [7, 11) is 0. The second kappa shape index (κ2) is 5.31. The number of aromatic nitrogens is 3. The first-order valence-electron chi connectivity index (χ1n) is 7.30. The number of carbonyl (C=O) groups is 1. The van der Waals surface area contributed by atoms with Crippen molar-refractivity contribution in [1.29, 1.82) is 0 Å². The molecule has 4 rings (SSSR count). The Balaban J connectivity index is 1.51. The Morgan fingerprint density at radius 2 is 2.36 bits per heavy atom. The maximum Gasteiger partial charge on any atom is 0.255 e. The molecule has 112 valence electrons. The molecule has 1 atom stereocenters. The SMILES string of the molecule is O=C(Nc1cnn(C2CCOC2)c1)c1ccc2[nH]ccc2c1. The van der Waals surface area contributed by atoms with Crippen LogP contribution in [0.1, 0.15) is 22.8 Å². The predicted molar refractivity (Wildman–Crippen MR) is 83.0 cm³/mol. The number of carbonyl (C=O) groups excluding carboxylic acids is 1. The summed E-state index contributed by atoms with van der Waals surface area (Å²) in [5, 5.41) is 8.21. The lowest BCUT2D eigenvalue weighted by molar-refractivity contribution is 0.102. The normalized spacial score (nSPS) is 17.9. The number of rotatable bonds is 3. The molecule has 1 amide bonds. The van der Waals surface area contributed by atoms with Crippen molar-refractivity contribution in [2.45, 2.75) is 12.5 Å². The van der Waals surface area contributed by atoms with Crippen LogP contribution in [0.4, 0.5) is 5.69 Å². The molecule has 0 spiro atoms. The molecule has 6 nitrogen and oxygen atoms in total. The van der Waals surface area contributed by atoms with Crippen molar-refractivity contribution in [2.75, 3.05) is 18.5 Å². The fourth-order valence-corrected chi connectivity index (χ4v) is 2.73. The average molecular weight is 296 g/mol. The highest BCUT2D eigenvalue weighted by molar-refractivity contribution is 6.06. The van der Waals surface area contributed by atoms with E-state index in [1.165, 1.54) is 0 Å². The third kappa shape index (κ3) is 2.37. The monoisotopic (exact) mass is 296 g/mol. The Morgan fingerprint density at radius 1 is 1.41 bits per heavy atom. The van der Waals surface area contributed by atoms with Crippen molar-refractivity contribution in [3.8, 4) is 0 Å². The van der Waals surface area contributed by atoms with E-state index in [2.05, 4.69) is 15.4 Å². The quantitative estimate of drug-likeness (QED) is 0.780. The number of anilines is 1. The zero-order valence-corrected chi connectivity index (χ0v) is 12.0. The summed E-state index contributed by atoms with van der Waals surface area (Å²) in [6.45, 7) is 1.45. The van der Waals surface area contributed by atoms with Gasteiger partial charge in [-0.3, -0.25) is 9.48 Å². The molecule has 1 aliphatic rings.